The van der Waals surface area contributed by atoms with Crippen LogP contribution in [0.15, 0.2) is 121 Å². The van der Waals surface area contributed by atoms with Crippen molar-refractivity contribution in [1.29, 1.82) is 0 Å². The van der Waals surface area contributed by atoms with E-state index in [0.29, 0.717) is 13.0 Å². The highest BCUT2D eigenvalue weighted by Crippen LogP contribution is 2.68. The van der Waals surface area contributed by atoms with Crippen LogP contribution in [-0.2, 0) is 11.3 Å². The molecule has 338 valence electrons. The molecule has 0 heterocycles. The number of amides is 7. The smallest absolute Gasteiger partial charge is 0.319 e. The van der Waals surface area contributed by atoms with Crippen molar-refractivity contribution in [3.05, 3.63) is 127 Å². The minimum Gasteiger partial charge on any atom is -0.341 e. The van der Waals surface area contributed by atoms with Gasteiger partial charge in [-0.15, -0.1) is 0 Å². The van der Waals surface area contributed by atoms with Gasteiger partial charge in [0, 0.05) is 55.2 Å². The Morgan fingerprint density at radius 3 is 1.75 bits per heavy atom. The van der Waals surface area contributed by atoms with Crippen molar-refractivity contribution in [3.63, 3.8) is 0 Å². The highest BCUT2D eigenvalue weighted by atomic mass is 16.2. The Hall–Kier alpha value is -5.84. The molecule has 6 N–H and O–H groups in total. The highest BCUT2D eigenvalue weighted by molar-refractivity contribution is 5.90. The van der Waals surface area contributed by atoms with Gasteiger partial charge in [0.1, 0.15) is 0 Å². The summed E-state index contributed by atoms with van der Waals surface area (Å²) in [5, 5.41) is 19.7. The van der Waals surface area contributed by atoms with Crippen molar-refractivity contribution in [3.8, 4) is 0 Å². The van der Waals surface area contributed by atoms with Crippen molar-refractivity contribution in [1.82, 2.24) is 20.9 Å². The molecule has 11 atom stereocenters. The van der Waals surface area contributed by atoms with E-state index in [4.69, 9.17) is 0 Å². The average molecular weight is 866 g/mol. The zero-order valence-corrected chi connectivity index (χ0v) is 37.9. The number of nitrogens with one attached hydrogen (secondary N) is 6. The number of hydrogen-bond acceptors (Lipinski definition) is 4. The normalized spacial score (nSPS) is 29.6. The van der Waals surface area contributed by atoms with Crippen LogP contribution in [0, 0.1) is 46.3 Å². The Morgan fingerprint density at radius 1 is 0.641 bits per heavy atom. The molecule has 0 aliphatic heterocycles. The lowest BCUT2D eigenvalue weighted by Crippen LogP contribution is -2.68. The second kappa shape index (κ2) is 19.5. The number of fused-ring (bicyclic) bond motifs is 5. The molecule has 64 heavy (non-hydrogen) atoms. The predicted octanol–water partition coefficient (Wildman–Crippen LogP) is 10.5. The summed E-state index contributed by atoms with van der Waals surface area (Å²) in [6, 6.07) is 37.9. The van der Waals surface area contributed by atoms with Gasteiger partial charge >= 0.3 is 18.1 Å². The molecule has 0 unspecified atom stereocenters. The first-order chi connectivity index (χ1) is 30.9. The minimum absolute atomic E-state index is 0.0114. The molecule has 0 aromatic heterocycles. The van der Waals surface area contributed by atoms with Gasteiger partial charge < -0.3 is 36.8 Å². The maximum Gasteiger partial charge on any atom is 0.319 e. The number of hydrogen-bond donors (Lipinski definition) is 6. The molecule has 4 saturated carbocycles. The van der Waals surface area contributed by atoms with Crippen molar-refractivity contribution in [2.24, 2.45) is 46.3 Å². The fourth-order valence-electron chi connectivity index (χ4n) is 13.0. The van der Waals surface area contributed by atoms with E-state index in [1.165, 1.54) is 0 Å². The van der Waals surface area contributed by atoms with Gasteiger partial charge in [-0.25, -0.2) is 14.4 Å². The quantitative estimate of drug-likeness (QED) is 0.0843. The number of anilines is 3. The first-order valence-corrected chi connectivity index (χ1v) is 23.6. The molecule has 11 nitrogen and oxygen atoms in total. The van der Waals surface area contributed by atoms with E-state index >= 15 is 0 Å². The molecule has 4 fully saturated rings. The van der Waals surface area contributed by atoms with Crippen LogP contribution in [-0.4, -0.2) is 54.1 Å². The molecule has 0 radical (unpaired) electrons. The third-order valence-corrected chi connectivity index (χ3v) is 16.2. The summed E-state index contributed by atoms with van der Waals surface area (Å²) in [6.45, 7) is 7.73. The van der Waals surface area contributed by atoms with Crippen LogP contribution in [0.3, 0.4) is 0 Å². The molecule has 4 aliphatic rings. The molecule has 11 heteroatoms. The topological polar surface area (TPSA) is 144 Å². The molecule has 7 amide bonds. The maximum atomic E-state index is 14.1. The molecular formula is C53H67N7O4. The van der Waals surface area contributed by atoms with Crippen molar-refractivity contribution < 1.29 is 19.2 Å². The maximum absolute atomic E-state index is 14.1. The van der Waals surface area contributed by atoms with Crippen molar-refractivity contribution in [2.45, 2.75) is 103 Å². The number of nitrogens with zero attached hydrogens (tertiary/aromatic N) is 1. The Labute approximate surface area is 379 Å². The summed E-state index contributed by atoms with van der Waals surface area (Å²) in [5.41, 5.74) is 2.96. The van der Waals surface area contributed by atoms with E-state index in [-0.39, 0.29) is 88.5 Å². The van der Waals surface area contributed by atoms with Gasteiger partial charge in [0.2, 0.25) is 5.91 Å². The van der Waals surface area contributed by atoms with Crippen molar-refractivity contribution in [2.75, 3.05) is 23.0 Å². The van der Waals surface area contributed by atoms with E-state index in [9.17, 15) is 19.2 Å². The van der Waals surface area contributed by atoms with E-state index in [0.717, 1.165) is 74.0 Å². The van der Waals surface area contributed by atoms with Crippen LogP contribution in [0.1, 0.15) is 84.1 Å². The Kier molecular flexibility index (Phi) is 13.6. The summed E-state index contributed by atoms with van der Waals surface area (Å²) in [4.78, 5) is 56.9. The van der Waals surface area contributed by atoms with Crippen molar-refractivity contribution >= 4 is 41.1 Å². The van der Waals surface area contributed by atoms with Crippen LogP contribution in [0.2, 0.25) is 0 Å². The summed E-state index contributed by atoms with van der Waals surface area (Å²) in [6.07, 6.45) is 7.37. The monoisotopic (exact) mass is 866 g/mol. The highest BCUT2D eigenvalue weighted by Gasteiger charge is 2.66. The van der Waals surface area contributed by atoms with E-state index < -0.39 is 0 Å². The molecular weight excluding hydrogens is 799 g/mol. The van der Waals surface area contributed by atoms with Gasteiger partial charge in [0.15, 0.2) is 0 Å². The third kappa shape index (κ3) is 9.78. The SMILES string of the molecule is C[C@H](CCC(=O)N(C)Cc1ccccc1)[C@H]1CC[C@H]2[C@@H]3[C@H](NC(=O)Nc4ccccc4)C[C@@H]4C[C@H](NC(=O)Nc5ccccc5)CC[C@]4(C)[C@H]3C[C@H](NC(=O)Nc3ccccc3)[C@]12C. The Bertz CT molecular complexity index is 2210. The van der Waals surface area contributed by atoms with Crippen LogP contribution in [0.5, 0.6) is 0 Å². The first kappa shape index (κ1) is 44.8. The average Bonchev–Trinajstić information content (AvgIpc) is 3.65. The lowest BCUT2D eigenvalue weighted by Gasteiger charge is -2.65. The van der Waals surface area contributed by atoms with Gasteiger partial charge in [0.25, 0.3) is 0 Å². The van der Waals surface area contributed by atoms with E-state index in [1.54, 1.807) is 0 Å². The summed E-state index contributed by atoms with van der Waals surface area (Å²) < 4.78 is 0. The molecule has 4 aliphatic carbocycles. The number of urea groups is 3. The Balaban J connectivity index is 1.07. The predicted molar refractivity (Wildman–Crippen MR) is 254 cm³/mol. The van der Waals surface area contributed by atoms with Crippen LogP contribution >= 0.6 is 0 Å². The zero-order valence-electron chi connectivity index (χ0n) is 37.9. The minimum atomic E-state index is -0.305. The molecule has 0 spiro atoms. The van der Waals surface area contributed by atoms with Crippen LogP contribution < -0.4 is 31.9 Å². The molecule has 4 aromatic rings. The Morgan fingerprint density at radius 2 is 1.17 bits per heavy atom. The zero-order chi connectivity index (χ0) is 44.8. The summed E-state index contributed by atoms with van der Waals surface area (Å²) in [5.74, 6) is 1.43. The second-order valence-corrected chi connectivity index (χ2v) is 19.8. The van der Waals surface area contributed by atoms with E-state index in [1.807, 2.05) is 121 Å². The third-order valence-electron chi connectivity index (χ3n) is 16.2. The number of benzene rings is 4. The molecule has 0 saturated heterocycles. The largest absolute Gasteiger partial charge is 0.341 e. The number of carbonyl (C=O) groups is 4. The lowest BCUT2D eigenvalue weighted by molar-refractivity contribution is -0.141. The summed E-state index contributed by atoms with van der Waals surface area (Å²) in [7, 11) is 1.89. The van der Waals surface area contributed by atoms with Gasteiger partial charge in [0.05, 0.1) is 0 Å². The van der Waals surface area contributed by atoms with Crippen LogP contribution in [0.25, 0.3) is 0 Å². The lowest BCUT2D eigenvalue weighted by atomic mass is 9.42. The molecule has 0 bridgehead atoms. The van der Waals surface area contributed by atoms with Gasteiger partial charge in [-0.3, -0.25) is 4.79 Å². The van der Waals surface area contributed by atoms with Gasteiger partial charge in [-0.1, -0.05) is 106 Å². The number of para-hydroxylation sites is 3. The fraction of sp³-hybridized carbons (Fsp3) is 0.472. The van der Waals surface area contributed by atoms with Gasteiger partial charge in [-0.05, 0) is 140 Å². The van der Waals surface area contributed by atoms with Gasteiger partial charge in [-0.2, -0.15) is 0 Å². The number of rotatable bonds is 12. The molecule has 8 rings (SSSR count). The fourth-order valence-corrected chi connectivity index (χ4v) is 13.0. The first-order valence-electron chi connectivity index (χ1n) is 23.6. The van der Waals surface area contributed by atoms with Crippen LogP contribution in [0.4, 0.5) is 31.4 Å². The number of carbonyl (C=O) groups excluding carboxylic acids is 4. The summed E-state index contributed by atoms with van der Waals surface area (Å²) >= 11 is 0. The standard InChI is InChI=1S/C53H67N7O4/c1-35(25-28-47(61)60(4)34-36-17-9-5-10-18-36)42-26-27-43-48-44(33-46(53(42,43)3)59-51(64)56-40-23-15-8-16-24-40)52(2)30-29-41(57-49(62)54-38-19-11-6-12-20-38)31-37(52)32-45(48)58-50(63)55-39-21-13-7-14-22-39/h5-24,35,37,41-46,48H,25-34H2,1-4H3,(H2,54,57,62)(H2,55,58,63)(H2,56,59,64)/t35-,37+,41-,42-,43+,44+,45-,46+,48+,52+,53-/m1/s1. The van der Waals surface area contributed by atoms with E-state index in [2.05, 4.69) is 64.8 Å². The molecule has 4 aromatic carbocycles. The second-order valence-electron chi connectivity index (χ2n) is 19.8.